The molecule has 2 amide bonds. The van der Waals surface area contributed by atoms with Crippen molar-refractivity contribution in [2.24, 2.45) is 0 Å². The van der Waals surface area contributed by atoms with Gasteiger partial charge in [-0.1, -0.05) is 23.7 Å². The van der Waals surface area contributed by atoms with Gasteiger partial charge in [-0.25, -0.2) is 0 Å². The average Bonchev–Trinajstić information content (AvgIpc) is 3.44. The van der Waals surface area contributed by atoms with Crippen LogP contribution in [0.5, 0.6) is 11.5 Å². The number of halogens is 1. The van der Waals surface area contributed by atoms with Crippen molar-refractivity contribution in [1.29, 1.82) is 0 Å². The molecule has 14 heteroatoms. The second-order valence-corrected chi connectivity index (χ2v) is 10.7. The first kappa shape index (κ1) is 31.7. The number of benzene rings is 3. The van der Waals surface area contributed by atoms with Gasteiger partial charge in [0.2, 0.25) is 0 Å². The molecule has 4 aromatic rings. The van der Waals surface area contributed by atoms with Crippen LogP contribution in [0.1, 0.15) is 26.4 Å². The lowest BCUT2D eigenvalue weighted by atomic mass is 9.88. The van der Waals surface area contributed by atoms with Crippen molar-refractivity contribution in [3.63, 3.8) is 0 Å². The molecule has 0 radical (unpaired) electrons. The Hall–Kier alpha value is -4.72. The third kappa shape index (κ3) is 7.87. The number of morpholine rings is 1. The zero-order chi connectivity index (χ0) is 31.9. The van der Waals surface area contributed by atoms with Crippen molar-refractivity contribution < 1.29 is 28.8 Å². The highest BCUT2D eigenvalue weighted by Gasteiger charge is 2.21. The first-order chi connectivity index (χ1) is 21.7. The number of nitrogens with one attached hydrogen (secondary N) is 3. The van der Waals surface area contributed by atoms with Crippen molar-refractivity contribution >= 4 is 53.3 Å². The molecule has 2 heterocycles. The molecule has 1 fully saturated rings. The number of carbonyl (C=O) groups excluding carboxylic acids is 2. The Labute approximate surface area is 266 Å². The number of ether oxygens (including phenoxy) is 3. The first-order valence-electron chi connectivity index (χ1n) is 14.3. The van der Waals surface area contributed by atoms with Crippen LogP contribution in [0.15, 0.2) is 66.7 Å². The van der Waals surface area contributed by atoms with Gasteiger partial charge in [-0.15, -0.1) is 0 Å². The lowest BCUT2D eigenvalue weighted by Gasteiger charge is -2.29. The molecule has 0 spiro atoms. The maximum Gasteiger partial charge on any atom is 0.406 e. The van der Waals surface area contributed by atoms with Crippen molar-refractivity contribution in [3.05, 3.63) is 88.6 Å². The topological polar surface area (TPSA) is 139 Å². The highest BCUT2D eigenvalue weighted by molar-refractivity contribution is 6.53. The van der Waals surface area contributed by atoms with E-state index in [-0.39, 0.29) is 23.1 Å². The van der Waals surface area contributed by atoms with Crippen LogP contribution in [0, 0.1) is 0 Å². The minimum absolute atomic E-state index is 0.176. The second-order valence-electron chi connectivity index (χ2n) is 10.3. The summed E-state index contributed by atoms with van der Waals surface area (Å²) >= 11 is 6.22. The molecule has 3 aromatic carbocycles. The molecule has 1 saturated heterocycles. The van der Waals surface area contributed by atoms with Gasteiger partial charge in [0.1, 0.15) is 17.2 Å². The Bertz CT molecular complexity index is 1660. The fraction of sp³-hybridized carbons (Fsp3) is 0.258. The summed E-state index contributed by atoms with van der Waals surface area (Å²) in [5, 5.41) is 23.7. The quantitative estimate of drug-likeness (QED) is 0.177. The van der Waals surface area contributed by atoms with Gasteiger partial charge in [0.15, 0.2) is 5.82 Å². The fourth-order valence-electron chi connectivity index (χ4n) is 4.87. The molecule has 234 valence electrons. The van der Waals surface area contributed by atoms with E-state index in [1.807, 2.05) is 36.4 Å². The first-order valence-corrected chi connectivity index (χ1v) is 14.7. The average molecular weight is 633 g/mol. The van der Waals surface area contributed by atoms with Crippen LogP contribution in [0.3, 0.4) is 0 Å². The number of carbonyl (C=O) groups is 2. The maximum absolute atomic E-state index is 13.8. The summed E-state index contributed by atoms with van der Waals surface area (Å²) in [5.41, 5.74) is 3.31. The Balaban J connectivity index is 1.43. The zero-order valence-corrected chi connectivity index (χ0v) is 25.9. The van der Waals surface area contributed by atoms with Crippen LogP contribution < -0.4 is 30.2 Å². The summed E-state index contributed by atoms with van der Waals surface area (Å²) in [6.07, 6.45) is 0. The summed E-state index contributed by atoms with van der Waals surface area (Å²) in [7, 11) is 2.21. The molecule has 45 heavy (non-hydrogen) atoms. The molecular formula is C31H34BClN6O6. The van der Waals surface area contributed by atoms with Crippen LogP contribution >= 0.6 is 11.6 Å². The zero-order valence-electron chi connectivity index (χ0n) is 25.2. The number of hydrogen-bond donors (Lipinski definition) is 4. The highest BCUT2D eigenvalue weighted by atomic mass is 35.5. The highest BCUT2D eigenvalue weighted by Crippen LogP contribution is 2.30. The molecule has 0 unspecified atom stereocenters. The molecular weight excluding hydrogens is 599 g/mol. The molecule has 12 nitrogen and oxygen atoms in total. The van der Waals surface area contributed by atoms with Crippen LogP contribution in [0.4, 0.5) is 22.9 Å². The lowest BCUT2D eigenvalue weighted by molar-refractivity contribution is 0.101. The minimum Gasteiger partial charge on any atom is -0.497 e. The third-order valence-corrected chi connectivity index (χ3v) is 7.45. The van der Waals surface area contributed by atoms with Crippen LogP contribution in [0.2, 0.25) is 11.8 Å². The number of hydrogen-bond acceptors (Lipinski definition) is 9. The summed E-state index contributed by atoms with van der Waals surface area (Å²) in [4.78, 5) is 29.0. The number of anilines is 4. The molecule has 1 aliphatic heterocycles. The monoisotopic (exact) mass is 632 g/mol. The van der Waals surface area contributed by atoms with Gasteiger partial charge in [-0.3, -0.25) is 14.3 Å². The van der Waals surface area contributed by atoms with Crippen LogP contribution in [0.25, 0.3) is 0 Å². The Morgan fingerprint density at radius 3 is 2.38 bits per heavy atom. The van der Waals surface area contributed by atoms with Gasteiger partial charge in [0, 0.05) is 36.1 Å². The van der Waals surface area contributed by atoms with Gasteiger partial charge >= 0.3 is 7.05 Å². The van der Waals surface area contributed by atoms with Gasteiger partial charge in [0.25, 0.3) is 11.8 Å². The van der Waals surface area contributed by atoms with E-state index in [0.29, 0.717) is 41.7 Å². The number of nitrogens with zero attached hydrogens (tertiary/aromatic N) is 3. The molecule has 1 aliphatic rings. The number of rotatable bonds is 11. The summed E-state index contributed by atoms with van der Waals surface area (Å²) in [6.45, 7) is 4.57. The van der Waals surface area contributed by atoms with Crippen LogP contribution in [-0.2, 0) is 11.3 Å². The largest absolute Gasteiger partial charge is 0.497 e. The van der Waals surface area contributed by atoms with Gasteiger partial charge in [0.05, 0.1) is 44.7 Å². The minimum atomic E-state index is -0.866. The predicted octanol–water partition coefficient (Wildman–Crippen LogP) is 4.47. The summed E-state index contributed by atoms with van der Waals surface area (Å²) < 4.78 is 17.4. The van der Waals surface area contributed by atoms with Gasteiger partial charge in [-0.2, -0.15) is 5.10 Å². The Kier molecular flexibility index (Phi) is 10.1. The SMILES string of the molecule is COc1ccc(Cn2nc(NC(=O)c3ccc(OC)c(Cl)c3)cc2C(=O)Nc2ccc(N3CCOCC3)cc2NB(C)O)cc1. The molecule has 0 atom stereocenters. The standard InChI is InChI=1S/C31H34BClN6O6/c1-32(42)36-26-17-22(38-12-14-45-15-13-38)7-10-25(26)34-31(41)27-18-29(35-30(40)21-6-11-28(44-3)24(33)16-21)37-39(27)19-20-4-8-23(43-2)9-5-20/h4-11,16-18,36,42H,12-15,19H2,1-3H3,(H,34,41)(H,35,37,40). The lowest BCUT2D eigenvalue weighted by Crippen LogP contribution is -2.36. The Morgan fingerprint density at radius 1 is 0.956 bits per heavy atom. The van der Waals surface area contributed by atoms with E-state index >= 15 is 0 Å². The predicted molar refractivity (Wildman–Crippen MR) is 175 cm³/mol. The van der Waals surface area contributed by atoms with Crippen molar-refractivity contribution in [1.82, 2.24) is 9.78 Å². The van der Waals surface area contributed by atoms with E-state index in [0.717, 1.165) is 24.3 Å². The molecule has 5 rings (SSSR count). The van der Waals surface area contributed by atoms with Crippen LogP contribution in [-0.4, -0.2) is 74.2 Å². The molecule has 0 saturated carbocycles. The number of amides is 2. The molecule has 0 aliphatic carbocycles. The van der Waals surface area contributed by atoms with E-state index in [2.05, 4.69) is 25.9 Å². The molecule has 0 bridgehead atoms. The molecule has 4 N–H and O–H groups in total. The smallest absolute Gasteiger partial charge is 0.406 e. The Morgan fingerprint density at radius 2 is 1.71 bits per heavy atom. The van der Waals surface area contributed by atoms with Crippen molar-refractivity contribution in [3.8, 4) is 11.5 Å². The van der Waals surface area contributed by atoms with Crippen molar-refractivity contribution in [2.45, 2.75) is 13.4 Å². The molecule has 1 aromatic heterocycles. The maximum atomic E-state index is 13.8. The van der Waals surface area contributed by atoms with E-state index in [1.54, 1.807) is 32.1 Å². The fourth-order valence-corrected chi connectivity index (χ4v) is 5.13. The van der Waals surface area contributed by atoms with Gasteiger partial charge < -0.3 is 40.0 Å². The summed E-state index contributed by atoms with van der Waals surface area (Å²) in [5.74, 6) is 0.399. The van der Waals surface area contributed by atoms with E-state index in [4.69, 9.17) is 25.8 Å². The van der Waals surface area contributed by atoms with Gasteiger partial charge in [-0.05, 0) is 60.9 Å². The van der Waals surface area contributed by atoms with Crippen molar-refractivity contribution in [2.75, 3.05) is 61.3 Å². The number of methoxy groups -OCH3 is 2. The van der Waals surface area contributed by atoms with E-state index < -0.39 is 18.9 Å². The number of aromatic nitrogens is 2. The van der Waals surface area contributed by atoms with E-state index in [9.17, 15) is 14.6 Å². The van der Waals surface area contributed by atoms with E-state index in [1.165, 1.54) is 23.9 Å². The summed E-state index contributed by atoms with van der Waals surface area (Å²) in [6, 6.07) is 19.1. The third-order valence-electron chi connectivity index (χ3n) is 7.15. The normalized spacial score (nSPS) is 12.8. The second kappa shape index (κ2) is 14.4.